The standard InChI is InChI=1S/C17H18N2O5S/c1-11(20)13-4-6-14(7-5-13)19-25(22,23)15-8-9-17(24-3)16(10-15)18-12(2)21/h4-10,19H,1-3H3,(H,18,21). The molecular formula is C17H18N2O5S. The molecule has 132 valence electrons. The second-order valence-electron chi connectivity index (χ2n) is 5.28. The van der Waals surface area contributed by atoms with Gasteiger partial charge in [0.05, 0.1) is 17.7 Å². The maximum Gasteiger partial charge on any atom is 0.261 e. The van der Waals surface area contributed by atoms with Gasteiger partial charge in [-0.15, -0.1) is 0 Å². The maximum absolute atomic E-state index is 12.5. The number of carbonyl (C=O) groups excluding carboxylic acids is 2. The zero-order chi connectivity index (χ0) is 18.6. The Balaban J connectivity index is 2.32. The zero-order valence-electron chi connectivity index (χ0n) is 14.0. The Bertz CT molecular complexity index is 905. The van der Waals surface area contributed by atoms with Crippen LogP contribution in [0.5, 0.6) is 5.75 Å². The molecule has 0 radical (unpaired) electrons. The fraction of sp³-hybridized carbons (Fsp3) is 0.176. The van der Waals surface area contributed by atoms with E-state index in [4.69, 9.17) is 4.74 Å². The number of sulfonamides is 1. The summed E-state index contributed by atoms with van der Waals surface area (Å²) in [4.78, 5) is 22.5. The fourth-order valence-corrected chi connectivity index (χ4v) is 3.21. The second kappa shape index (κ2) is 7.35. The molecule has 0 aromatic heterocycles. The molecule has 7 nitrogen and oxygen atoms in total. The molecule has 2 N–H and O–H groups in total. The highest BCUT2D eigenvalue weighted by Gasteiger charge is 2.17. The number of anilines is 2. The van der Waals surface area contributed by atoms with Crippen LogP contribution in [-0.4, -0.2) is 27.2 Å². The molecule has 0 aliphatic carbocycles. The molecule has 0 saturated carbocycles. The topological polar surface area (TPSA) is 102 Å². The van der Waals surface area contributed by atoms with Gasteiger partial charge in [0.1, 0.15) is 5.75 Å². The predicted octanol–water partition coefficient (Wildman–Crippen LogP) is 2.66. The van der Waals surface area contributed by atoms with Crippen LogP contribution in [0.1, 0.15) is 24.2 Å². The molecule has 2 aromatic rings. The van der Waals surface area contributed by atoms with E-state index in [0.29, 0.717) is 17.0 Å². The third-order valence-corrected chi connectivity index (χ3v) is 4.71. The van der Waals surface area contributed by atoms with E-state index in [-0.39, 0.29) is 22.3 Å². The van der Waals surface area contributed by atoms with E-state index in [2.05, 4.69) is 10.0 Å². The first-order valence-electron chi connectivity index (χ1n) is 7.32. The van der Waals surface area contributed by atoms with E-state index >= 15 is 0 Å². The van der Waals surface area contributed by atoms with Crippen LogP contribution in [0, 0.1) is 0 Å². The normalized spacial score (nSPS) is 10.8. The molecule has 0 atom stereocenters. The molecule has 0 spiro atoms. The predicted molar refractivity (Wildman–Crippen MR) is 94.6 cm³/mol. The quantitative estimate of drug-likeness (QED) is 0.769. The molecule has 2 aromatic carbocycles. The SMILES string of the molecule is COc1ccc(S(=O)(=O)Nc2ccc(C(C)=O)cc2)cc1NC(C)=O. The number of hydrogen-bond acceptors (Lipinski definition) is 5. The highest BCUT2D eigenvalue weighted by atomic mass is 32.2. The molecule has 0 fully saturated rings. The van der Waals surface area contributed by atoms with Gasteiger partial charge in [0.25, 0.3) is 10.0 Å². The number of hydrogen-bond donors (Lipinski definition) is 2. The van der Waals surface area contributed by atoms with Gasteiger partial charge in [-0.25, -0.2) is 8.42 Å². The minimum atomic E-state index is -3.87. The van der Waals surface area contributed by atoms with Crippen molar-refractivity contribution in [2.24, 2.45) is 0 Å². The third-order valence-electron chi connectivity index (χ3n) is 3.34. The van der Waals surface area contributed by atoms with E-state index in [0.717, 1.165) is 0 Å². The van der Waals surface area contributed by atoms with Crippen molar-refractivity contribution >= 4 is 33.1 Å². The lowest BCUT2D eigenvalue weighted by Crippen LogP contribution is -2.14. The third kappa shape index (κ3) is 4.57. The number of ether oxygens (including phenoxy) is 1. The number of Topliss-reactive ketones (excluding diaryl/α,β-unsaturated/α-hetero) is 1. The molecular weight excluding hydrogens is 344 g/mol. The molecule has 0 aliphatic heterocycles. The van der Waals surface area contributed by atoms with Crippen LogP contribution in [-0.2, 0) is 14.8 Å². The largest absolute Gasteiger partial charge is 0.495 e. The van der Waals surface area contributed by atoms with Crippen molar-refractivity contribution in [3.63, 3.8) is 0 Å². The second-order valence-corrected chi connectivity index (χ2v) is 6.96. The van der Waals surface area contributed by atoms with E-state index in [1.54, 1.807) is 0 Å². The van der Waals surface area contributed by atoms with Gasteiger partial charge in [-0.05, 0) is 49.4 Å². The molecule has 0 heterocycles. The molecule has 1 amide bonds. The summed E-state index contributed by atoms with van der Waals surface area (Å²) >= 11 is 0. The number of carbonyl (C=O) groups is 2. The van der Waals surface area contributed by atoms with Gasteiger partial charge in [-0.3, -0.25) is 14.3 Å². The van der Waals surface area contributed by atoms with E-state index < -0.39 is 10.0 Å². The first-order valence-corrected chi connectivity index (χ1v) is 8.80. The smallest absolute Gasteiger partial charge is 0.261 e. The minimum Gasteiger partial charge on any atom is -0.495 e. The van der Waals surface area contributed by atoms with Crippen LogP contribution in [0.2, 0.25) is 0 Å². The molecule has 0 unspecified atom stereocenters. The number of ketones is 1. The van der Waals surface area contributed by atoms with Gasteiger partial charge in [-0.2, -0.15) is 0 Å². The Morgan fingerprint density at radius 3 is 2.16 bits per heavy atom. The van der Waals surface area contributed by atoms with Crippen LogP contribution >= 0.6 is 0 Å². The average molecular weight is 362 g/mol. The van der Waals surface area contributed by atoms with Gasteiger partial charge in [-0.1, -0.05) is 0 Å². The van der Waals surface area contributed by atoms with Gasteiger partial charge >= 0.3 is 0 Å². The van der Waals surface area contributed by atoms with Gasteiger partial charge in [0.2, 0.25) is 5.91 Å². The number of methoxy groups -OCH3 is 1. The molecule has 0 aliphatic rings. The minimum absolute atomic E-state index is 0.0345. The lowest BCUT2D eigenvalue weighted by atomic mass is 10.1. The number of rotatable bonds is 6. The first kappa shape index (κ1) is 18.5. The molecule has 0 saturated heterocycles. The number of amides is 1. The first-order chi connectivity index (χ1) is 11.7. The summed E-state index contributed by atoms with van der Waals surface area (Å²) < 4.78 is 32.6. The Hall–Kier alpha value is -2.87. The Morgan fingerprint density at radius 1 is 1.00 bits per heavy atom. The highest BCUT2D eigenvalue weighted by molar-refractivity contribution is 7.92. The van der Waals surface area contributed by atoms with Gasteiger partial charge in [0.15, 0.2) is 5.78 Å². The van der Waals surface area contributed by atoms with Crippen LogP contribution < -0.4 is 14.8 Å². The lowest BCUT2D eigenvalue weighted by Gasteiger charge is -2.13. The summed E-state index contributed by atoms with van der Waals surface area (Å²) in [5.74, 6) is -0.106. The van der Waals surface area contributed by atoms with Gasteiger partial charge < -0.3 is 10.1 Å². The fourth-order valence-electron chi connectivity index (χ4n) is 2.13. The van der Waals surface area contributed by atoms with Crippen molar-refractivity contribution < 1.29 is 22.7 Å². The maximum atomic E-state index is 12.5. The summed E-state index contributed by atoms with van der Waals surface area (Å²) in [7, 11) is -2.45. The molecule has 0 bridgehead atoms. The van der Waals surface area contributed by atoms with Crippen molar-refractivity contribution in [3.8, 4) is 5.75 Å². The highest BCUT2D eigenvalue weighted by Crippen LogP contribution is 2.28. The van der Waals surface area contributed by atoms with Crippen molar-refractivity contribution in [2.75, 3.05) is 17.1 Å². The van der Waals surface area contributed by atoms with Crippen LogP contribution in [0.4, 0.5) is 11.4 Å². The van der Waals surface area contributed by atoms with Crippen molar-refractivity contribution in [1.82, 2.24) is 0 Å². The Labute approximate surface area is 146 Å². The van der Waals surface area contributed by atoms with Crippen LogP contribution in [0.25, 0.3) is 0 Å². The summed E-state index contributed by atoms with van der Waals surface area (Å²) in [5.41, 5.74) is 1.06. The van der Waals surface area contributed by atoms with Crippen LogP contribution in [0.15, 0.2) is 47.4 Å². The van der Waals surface area contributed by atoms with Crippen molar-refractivity contribution in [3.05, 3.63) is 48.0 Å². The van der Waals surface area contributed by atoms with Crippen molar-refractivity contribution in [2.45, 2.75) is 18.7 Å². The molecule has 2 rings (SSSR count). The number of nitrogens with one attached hydrogen (secondary N) is 2. The van der Waals surface area contributed by atoms with Crippen molar-refractivity contribution in [1.29, 1.82) is 0 Å². The lowest BCUT2D eigenvalue weighted by molar-refractivity contribution is -0.114. The molecule has 25 heavy (non-hydrogen) atoms. The van der Waals surface area contributed by atoms with Gasteiger partial charge in [0, 0.05) is 18.2 Å². The van der Waals surface area contributed by atoms with E-state index in [1.165, 1.54) is 63.4 Å². The summed E-state index contributed by atoms with van der Waals surface area (Å²) in [6, 6.07) is 10.2. The van der Waals surface area contributed by atoms with E-state index in [1.807, 2.05) is 0 Å². The number of benzene rings is 2. The monoisotopic (exact) mass is 362 g/mol. The summed E-state index contributed by atoms with van der Waals surface area (Å²) in [6.45, 7) is 2.75. The molecule has 8 heteroatoms. The van der Waals surface area contributed by atoms with E-state index in [9.17, 15) is 18.0 Å². The average Bonchev–Trinajstić information content (AvgIpc) is 2.54. The summed E-state index contributed by atoms with van der Waals surface area (Å²) in [6.07, 6.45) is 0. The summed E-state index contributed by atoms with van der Waals surface area (Å²) in [5, 5.41) is 2.53. The Kier molecular flexibility index (Phi) is 5.43. The Morgan fingerprint density at radius 2 is 1.64 bits per heavy atom. The zero-order valence-corrected chi connectivity index (χ0v) is 14.8. The van der Waals surface area contributed by atoms with Crippen LogP contribution in [0.3, 0.4) is 0 Å².